The van der Waals surface area contributed by atoms with Gasteiger partial charge in [-0.05, 0) is 43.5 Å². The van der Waals surface area contributed by atoms with E-state index >= 15 is 0 Å². The molecule has 1 aliphatic carbocycles. The number of aromatic nitrogens is 3. The lowest BCUT2D eigenvalue weighted by atomic mass is 9.95. The van der Waals surface area contributed by atoms with E-state index in [0.29, 0.717) is 16.8 Å². The second-order valence-corrected chi connectivity index (χ2v) is 7.30. The minimum atomic E-state index is -0.695. The lowest BCUT2D eigenvalue weighted by molar-refractivity contribution is 0.0924. The molecule has 3 aromatic rings. The zero-order chi connectivity index (χ0) is 20.5. The summed E-state index contributed by atoms with van der Waals surface area (Å²) in [7, 11) is 0. The van der Waals surface area contributed by atoms with Crippen molar-refractivity contribution in [2.24, 2.45) is 5.92 Å². The average Bonchev–Trinajstić information content (AvgIpc) is 3.21. The molecule has 0 bridgehead atoms. The third kappa shape index (κ3) is 3.61. The van der Waals surface area contributed by atoms with Crippen LogP contribution in [0.25, 0.3) is 11.0 Å². The summed E-state index contributed by atoms with van der Waals surface area (Å²) in [6.45, 7) is 1.66. The Balaban J connectivity index is 1.68. The maximum absolute atomic E-state index is 12.8. The smallest absolute Gasteiger partial charge is 0.320 e. The van der Waals surface area contributed by atoms with E-state index < -0.39 is 17.2 Å². The van der Waals surface area contributed by atoms with E-state index in [1.165, 1.54) is 6.07 Å². The SMILES string of the molecule is Cc1cc(C(=O)Nc2ccccc2C(=O)C2CCCC2)nc2[nH]c(=O)[nH]c(=O)c12. The molecule has 0 radical (unpaired) electrons. The zero-order valence-electron chi connectivity index (χ0n) is 15.9. The fraction of sp³-hybridized carbons (Fsp3) is 0.286. The number of para-hydroxylation sites is 1. The fourth-order valence-electron chi connectivity index (χ4n) is 3.87. The van der Waals surface area contributed by atoms with Gasteiger partial charge < -0.3 is 5.32 Å². The Labute approximate surface area is 165 Å². The summed E-state index contributed by atoms with van der Waals surface area (Å²) in [6, 6.07) is 8.39. The molecule has 0 saturated heterocycles. The van der Waals surface area contributed by atoms with Crippen LogP contribution < -0.4 is 16.6 Å². The van der Waals surface area contributed by atoms with Crippen molar-refractivity contribution in [1.29, 1.82) is 0 Å². The number of aryl methyl sites for hydroxylation is 1. The van der Waals surface area contributed by atoms with E-state index in [0.717, 1.165) is 25.7 Å². The molecular weight excluding hydrogens is 372 g/mol. The molecule has 0 aliphatic heterocycles. The molecule has 29 heavy (non-hydrogen) atoms. The summed E-state index contributed by atoms with van der Waals surface area (Å²) in [5.41, 5.74) is 0.239. The molecule has 0 atom stereocenters. The molecule has 8 heteroatoms. The van der Waals surface area contributed by atoms with Crippen LogP contribution in [0.1, 0.15) is 52.1 Å². The van der Waals surface area contributed by atoms with E-state index in [9.17, 15) is 19.2 Å². The molecule has 1 fully saturated rings. The minimum absolute atomic E-state index is 0.00843. The largest absolute Gasteiger partial charge is 0.327 e. The van der Waals surface area contributed by atoms with Gasteiger partial charge in [0.05, 0.1) is 11.1 Å². The van der Waals surface area contributed by atoms with Gasteiger partial charge in [-0.1, -0.05) is 25.0 Å². The summed E-state index contributed by atoms with van der Waals surface area (Å²) in [5.74, 6) is -0.495. The van der Waals surface area contributed by atoms with E-state index in [4.69, 9.17) is 0 Å². The van der Waals surface area contributed by atoms with Gasteiger partial charge in [-0.25, -0.2) is 9.78 Å². The highest BCUT2D eigenvalue weighted by Crippen LogP contribution is 2.30. The number of hydrogen-bond acceptors (Lipinski definition) is 5. The molecule has 3 N–H and O–H groups in total. The number of Topliss-reactive ketones (excluding diaryl/α,β-unsaturated/α-hetero) is 1. The molecule has 2 heterocycles. The quantitative estimate of drug-likeness (QED) is 0.589. The first-order valence-electron chi connectivity index (χ1n) is 9.52. The first-order valence-corrected chi connectivity index (χ1v) is 9.52. The number of hydrogen-bond donors (Lipinski definition) is 3. The maximum Gasteiger partial charge on any atom is 0.327 e. The van der Waals surface area contributed by atoms with Gasteiger partial charge in [0, 0.05) is 11.5 Å². The van der Waals surface area contributed by atoms with E-state index in [1.807, 2.05) is 0 Å². The van der Waals surface area contributed by atoms with Crippen LogP contribution in [0, 0.1) is 12.8 Å². The van der Waals surface area contributed by atoms with Gasteiger partial charge in [-0.2, -0.15) is 0 Å². The summed E-state index contributed by atoms with van der Waals surface area (Å²) in [5, 5.41) is 2.97. The van der Waals surface area contributed by atoms with Gasteiger partial charge in [0.2, 0.25) is 0 Å². The molecule has 0 spiro atoms. The van der Waals surface area contributed by atoms with Crippen molar-refractivity contribution >= 4 is 28.4 Å². The fourth-order valence-corrected chi connectivity index (χ4v) is 3.87. The summed E-state index contributed by atoms with van der Waals surface area (Å²) < 4.78 is 0. The third-order valence-corrected chi connectivity index (χ3v) is 5.30. The van der Waals surface area contributed by atoms with Gasteiger partial charge in [-0.3, -0.25) is 24.4 Å². The monoisotopic (exact) mass is 392 g/mol. The van der Waals surface area contributed by atoms with Crippen LogP contribution in [0.3, 0.4) is 0 Å². The first-order chi connectivity index (χ1) is 13.9. The van der Waals surface area contributed by atoms with Crippen LogP contribution in [0.15, 0.2) is 39.9 Å². The number of nitrogens with zero attached hydrogens (tertiary/aromatic N) is 1. The van der Waals surface area contributed by atoms with E-state index in [1.54, 1.807) is 31.2 Å². The number of carbonyl (C=O) groups excluding carboxylic acids is 2. The molecule has 2 aromatic heterocycles. The molecule has 4 rings (SSSR count). The van der Waals surface area contributed by atoms with Gasteiger partial charge in [-0.15, -0.1) is 0 Å². The molecule has 1 aliphatic rings. The number of carbonyl (C=O) groups is 2. The number of anilines is 1. The summed E-state index contributed by atoms with van der Waals surface area (Å²) >= 11 is 0. The second-order valence-electron chi connectivity index (χ2n) is 7.30. The predicted molar refractivity (Wildman–Crippen MR) is 108 cm³/mol. The van der Waals surface area contributed by atoms with Gasteiger partial charge in [0.15, 0.2) is 5.78 Å². The molecule has 1 saturated carbocycles. The average molecular weight is 392 g/mol. The van der Waals surface area contributed by atoms with Crippen LogP contribution in [-0.4, -0.2) is 26.6 Å². The van der Waals surface area contributed by atoms with Crippen molar-refractivity contribution in [3.63, 3.8) is 0 Å². The molecule has 148 valence electrons. The highest BCUT2D eigenvalue weighted by molar-refractivity contribution is 6.10. The molecule has 1 amide bonds. The number of amides is 1. The number of pyridine rings is 1. The van der Waals surface area contributed by atoms with Crippen LogP contribution in [-0.2, 0) is 0 Å². The van der Waals surface area contributed by atoms with Crippen molar-refractivity contribution in [3.8, 4) is 0 Å². The number of fused-ring (bicyclic) bond motifs is 1. The second kappa shape index (κ2) is 7.46. The number of nitrogens with one attached hydrogen (secondary N) is 3. The van der Waals surface area contributed by atoms with Crippen LogP contribution in [0.4, 0.5) is 5.69 Å². The van der Waals surface area contributed by atoms with Crippen molar-refractivity contribution < 1.29 is 9.59 Å². The third-order valence-electron chi connectivity index (χ3n) is 5.30. The zero-order valence-corrected chi connectivity index (χ0v) is 15.9. The summed E-state index contributed by atoms with van der Waals surface area (Å²) in [4.78, 5) is 57.9. The normalized spacial score (nSPS) is 14.2. The van der Waals surface area contributed by atoms with Crippen molar-refractivity contribution in [1.82, 2.24) is 15.0 Å². The highest BCUT2D eigenvalue weighted by Gasteiger charge is 2.26. The standard InChI is InChI=1S/C21H20N4O4/c1-11-10-15(22-18-16(11)20(28)25-21(29)24-18)19(27)23-14-9-5-4-8-13(14)17(26)12-6-2-3-7-12/h4-5,8-10,12H,2-3,6-7H2,1H3,(H,23,27)(H2,22,24,25,28,29). The lowest BCUT2D eigenvalue weighted by Crippen LogP contribution is -2.24. The Morgan fingerprint density at radius 3 is 2.59 bits per heavy atom. The molecule has 1 aromatic carbocycles. The Morgan fingerprint density at radius 1 is 1.10 bits per heavy atom. The predicted octanol–water partition coefficient (Wildman–Crippen LogP) is 2.55. The van der Waals surface area contributed by atoms with Crippen LogP contribution in [0.2, 0.25) is 0 Å². The van der Waals surface area contributed by atoms with Crippen molar-refractivity contribution in [3.05, 3.63) is 68.0 Å². The maximum atomic E-state index is 12.8. The minimum Gasteiger partial charge on any atom is -0.320 e. The highest BCUT2D eigenvalue weighted by atomic mass is 16.2. The van der Waals surface area contributed by atoms with Crippen LogP contribution in [0.5, 0.6) is 0 Å². The number of H-pyrrole nitrogens is 2. The molecular formula is C21H20N4O4. The van der Waals surface area contributed by atoms with Gasteiger partial charge >= 0.3 is 5.69 Å². The summed E-state index contributed by atoms with van der Waals surface area (Å²) in [6.07, 6.45) is 3.83. The Hall–Kier alpha value is -3.55. The topological polar surface area (TPSA) is 125 Å². The number of rotatable bonds is 4. The van der Waals surface area contributed by atoms with Crippen molar-refractivity contribution in [2.75, 3.05) is 5.32 Å². The van der Waals surface area contributed by atoms with Gasteiger partial charge in [0.25, 0.3) is 11.5 Å². The Morgan fingerprint density at radius 2 is 1.83 bits per heavy atom. The van der Waals surface area contributed by atoms with Gasteiger partial charge in [0.1, 0.15) is 11.3 Å². The molecule has 8 nitrogen and oxygen atoms in total. The number of ketones is 1. The van der Waals surface area contributed by atoms with E-state index in [2.05, 4.69) is 20.3 Å². The van der Waals surface area contributed by atoms with E-state index in [-0.39, 0.29) is 28.4 Å². The number of aromatic amines is 2. The molecule has 0 unspecified atom stereocenters. The lowest BCUT2D eigenvalue weighted by Gasteiger charge is -2.13. The Kier molecular flexibility index (Phi) is 4.84. The van der Waals surface area contributed by atoms with Crippen LogP contribution >= 0.6 is 0 Å². The first kappa shape index (κ1) is 18.8. The van der Waals surface area contributed by atoms with Crippen molar-refractivity contribution in [2.45, 2.75) is 32.6 Å². The Bertz CT molecular complexity index is 1240. The number of benzene rings is 1.